The van der Waals surface area contributed by atoms with Gasteiger partial charge in [0.1, 0.15) is 0 Å². The van der Waals surface area contributed by atoms with Crippen LogP contribution in [0.4, 0.5) is 0 Å². The molecule has 16 heavy (non-hydrogen) atoms. The third-order valence-electron chi connectivity index (χ3n) is 3.34. The van der Waals surface area contributed by atoms with Crippen molar-refractivity contribution in [3.63, 3.8) is 0 Å². The molecule has 0 amide bonds. The summed E-state index contributed by atoms with van der Waals surface area (Å²) in [4.78, 5) is 6.89. The van der Waals surface area contributed by atoms with Crippen molar-refractivity contribution in [1.82, 2.24) is 9.88 Å². The highest BCUT2D eigenvalue weighted by atomic mass is 15.1. The molecule has 2 rings (SSSR count). The van der Waals surface area contributed by atoms with Crippen LogP contribution in [0, 0.1) is 0 Å². The molecular weight excluding hydrogens is 196 g/mol. The van der Waals surface area contributed by atoms with Crippen LogP contribution in [0.25, 0.3) is 0 Å². The van der Waals surface area contributed by atoms with Gasteiger partial charge in [0, 0.05) is 18.9 Å². The monoisotopic (exact) mass is 218 g/mol. The zero-order chi connectivity index (χ0) is 11.4. The first kappa shape index (κ1) is 11.6. The average Bonchev–Trinajstić information content (AvgIpc) is 2.30. The minimum absolute atomic E-state index is 0.578. The molecule has 1 saturated heterocycles. The van der Waals surface area contributed by atoms with Gasteiger partial charge in [-0.3, -0.25) is 9.88 Å². The van der Waals surface area contributed by atoms with E-state index in [-0.39, 0.29) is 0 Å². The molecule has 88 valence electrons. The van der Waals surface area contributed by atoms with Crippen molar-refractivity contribution in [2.45, 2.75) is 45.6 Å². The van der Waals surface area contributed by atoms with Crippen LogP contribution in [-0.4, -0.2) is 23.0 Å². The van der Waals surface area contributed by atoms with Gasteiger partial charge in [-0.05, 0) is 43.0 Å². The molecule has 1 aliphatic heterocycles. The van der Waals surface area contributed by atoms with Gasteiger partial charge >= 0.3 is 0 Å². The summed E-state index contributed by atoms with van der Waals surface area (Å²) in [5.41, 5.74) is 2.72. The molecule has 1 aromatic rings. The maximum atomic E-state index is 4.34. The number of hydrogen-bond acceptors (Lipinski definition) is 2. The first-order chi connectivity index (χ1) is 7.75. The quantitative estimate of drug-likeness (QED) is 0.774. The number of likely N-dealkylation sites (tertiary alicyclic amines) is 1. The van der Waals surface area contributed by atoms with E-state index in [1.165, 1.54) is 43.5 Å². The molecule has 0 unspecified atom stereocenters. The Balaban J connectivity index is 2.00. The maximum Gasteiger partial charge on any atom is 0.0313 e. The van der Waals surface area contributed by atoms with E-state index in [0.717, 1.165) is 6.54 Å². The van der Waals surface area contributed by atoms with Gasteiger partial charge in [-0.1, -0.05) is 26.3 Å². The Hall–Kier alpha value is -0.890. The lowest BCUT2D eigenvalue weighted by Gasteiger charge is -2.26. The van der Waals surface area contributed by atoms with Crippen molar-refractivity contribution >= 4 is 0 Å². The summed E-state index contributed by atoms with van der Waals surface area (Å²) in [7, 11) is 0. The van der Waals surface area contributed by atoms with Crippen LogP contribution in [0.2, 0.25) is 0 Å². The van der Waals surface area contributed by atoms with Gasteiger partial charge in [0.2, 0.25) is 0 Å². The lowest BCUT2D eigenvalue weighted by atomic mass is 10.0. The minimum atomic E-state index is 0.578. The molecule has 0 N–H and O–H groups in total. The first-order valence-corrected chi connectivity index (χ1v) is 6.42. The summed E-state index contributed by atoms with van der Waals surface area (Å²) in [5, 5.41) is 0. The highest BCUT2D eigenvalue weighted by molar-refractivity contribution is 5.20. The van der Waals surface area contributed by atoms with Gasteiger partial charge in [-0.25, -0.2) is 0 Å². The molecule has 0 aliphatic carbocycles. The van der Waals surface area contributed by atoms with Crippen LogP contribution in [0.5, 0.6) is 0 Å². The smallest absolute Gasteiger partial charge is 0.0313 e. The van der Waals surface area contributed by atoms with Crippen LogP contribution >= 0.6 is 0 Å². The van der Waals surface area contributed by atoms with Gasteiger partial charge in [-0.2, -0.15) is 0 Å². The maximum absolute atomic E-state index is 4.34. The molecule has 2 heterocycles. The summed E-state index contributed by atoms with van der Waals surface area (Å²) in [6.07, 6.45) is 8.13. The normalized spacial score (nSPS) is 17.9. The van der Waals surface area contributed by atoms with Crippen molar-refractivity contribution in [1.29, 1.82) is 0 Å². The van der Waals surface area contributed by atoms with E-state index in [0.29, 0.717) is 5.92 Å². The van der Waals surface area contributed by atoms with Crippen LogP contribution < -0.4 is 0 Å². The number of aromatic nitrogens is 1. The zero-order valence-corrected chi connectivity index (χ0v) is 10.4. The molecule has 1 fully saturated rings. The molecule has 0 bridgehead atoms. The second-order valence-electron chi connectivity index (χ2n) is 5.12. The van der Waals surface area contributed by atoms with Crippen molar-refractivity contribution < 1.29 is 0 Å². The van der Waals surface area contributed by atoms with Crippen molar-refractivity contribution in [2.24, 2.45) is 0 Å². The first-order valence-electron chi connectivity index (χ1n) is 6.42. The molecule has 2 nitrogen and oxygen atoms in total. The molecule has 2 heteroatoms. The van der Waals surface area contributed by atoms with E-state index in [4.69, 9.17) is 0 Å². The largest absolute Gasteiger partial charge is 0.299 e. The standard InChI is InChI=1S/C14H22N2/c1-12(2)14-8-13(9-15-10-14)11-16-6-4-3-5-7-16/h8-10,12H,3-7,11H2,1-2H3. The molecule has 0 saturated carbocycles. The van der Waals surface area contributed by atoms with Crippen molar-refractivity contribution in [2.75, 3.05) is 13.1 Å². The minimum Gasteiger partial charge on any atom is -0.299 e. The number of hydrogen-bond donors (Lipinski definition) is 0. The van der Waals surface area contributed by atoms with Gasteiger partial charge in [0.15, 0.2) is 0 Å². The van der Waals surface area contributed by atoms with Crippen molar-refractivity contribution in [3.8, 4) is 0 Å². The average molecular weight is 218 g/mol. The Kier molecular flexibility index (Phi) is 3.94. The fraction of sp³-hybridized carbons (Fsp3) is 0.643. The molecule has 0 radical (unpaired) electrons. The van der Waals surface area contributed by atoms with Crippen LogP contribution in [0.3, 0.4) is 0 Å². The highest BCUT2D eigenvalue weighted by Gasteiger charge is 2.11. The van der Waals surface area contributed by atoms with Crippen LogP contribution in [0.15, 0.2) is 18.5 Å². The second kappa shape index (κ2) is 5.44. The van der Waals surface area contributed by atoms with E-state index < -0.39 is 0 Å². The number of piperidine rings is 1. The van der Waals surface area contributed by atoms with Gasteiger partial charge in [0.05, 0.1) is 0 Å². The predicted octanol–water partition coefficient (Wildman–Crippen LogP) is 3.19. The van der Waals surface area contributed by atoms with Crippen LogP contribution in [-0.2, 0) is 6.54 Å². The van der Waals surface area contributed by atoms with E-state index in [1.807, 2.05) is 12.4 Å². The molecular formula is C14H22N2. The summed E-state index contributed by atoms with van der Waals surface area (Å²) >= 11 is 0. The molecule has 0 aromatic carbocycles. The summed E-state index contributed by atoms with van der Waals surface area (Å²) < 4.78 is 0. The Morgan fingerprint density at radius 3 is 2.62 bits per heavy atom. The summed E-state index contributed by atoms with van der Waals surface area (Å²) in [6.45, 7) is 8.04. The topological polar surface area (TPSA) is 16.1 Å². The SMILES string of the molecule is CC(C)c1cncc(CN2CCCCC2)c1. The summed E-state index contributed by atoms with van der Waals surface area (Å²) in [5.74, 6) is 0.578. The molecule has 0 spiro atoms. The van der Waals surface area contributed by atoms with Gasteiger partial charge in [0.25, 0.3) is 0 Å². The number of nitrogens with zero attached hydrogens (tertiary/aromatic N) is 2. The van der Waals surface area contributed by atoms with E-state index in [1.54, 1.807) is 0 Å². The van der Waals surface area contributed by atoms with E-state index in [9.17, 15) is 0 Å². The lowest BCUT2D eigenvalue weighted by Crippen LogP contribution is -2.29. The van der Waals surface area contributed by atoms with Gasteiger partial charge in [-0.15, -0.1) is 0 Å². The fourth-order valence-electron chi connectivity index (χ4n) is 2.29. The van der Waals surface area contributed by atoms with E-state index in [2.05, 4.69) is 29.8 Å². The zero-order valence-electron chi connectivity index (χ0n) is 10.4. The molecule has 1 aromatic heterocycles. The number of pyridine rings is 1. The molecule has 0 atom stereocenters. The second-order valence-corrected chi connectivity index (χ2v) is 5.12. The Morgan fingerprint density at radius 2 is 1.94 bits per heavy atom. The van der Waals surface area contributed by atoms with E-state index >= 15 is 0 Å². The molecule has 1 aliphatic rings. The predicted molar refractivity (Wildman–Crippen MR) is 67.5 cm³/mol. The number of rotatable bonds is 3. The van der Waals surface area contributed by atoms with Crippen molar-refractivity contribution in [3.05, 3.63) is 29.6 Å². The Labute approximate surface area is 98.7 Å². The highest BCUT2D eigenvalue weighted by Crippen LogP contribution is 2.17. The summed E-state index contributed by atoms with van der Waals surface area (Å²) in [6, 6.07) is 2.31. The Bertz CT molecular complexity index is 327. The Morgan fingerprint density at radius 1 is 1.19 bits per heavy atom. The third-order valence-corrected chi connectivity index (χ3v) is 3.34. The van der Waals surface area contributed by atoms with Gasteiger partial charge < -0.3 is 0 Å². The third kappa shape index (κ3) is 3.05. The fourth-order valence-corrected chi connectivity index (χ4v) is 2.29. The lowest BCUT2D eigenvalue weighted by molar-refractivity contribution is 0.220. The van der Waals surface area contributed by atoms with Crippen LogP contribution in [0.1, 0.15) is 50.2 Å².